The molecular weight excluding hydrogens is 193 g/mol. The number of ether oxygens (including phenoxy) is 1. The zero-order chi connectivity index (χ0) is 10.8. The molecule has 2 atom stereocenters. The molecule has 1 fully saturated rings. The summed E-state index contributed by atoms with van der Waals surface area (Å²) in [5, 5.41) is 3.20. The summed E-state index contributed by atoms with van der Waals surface area (Å²) < 4.78 is 18.9. The lowest BCUT2D eigenvalue weighted by Gasteiger charge is -2.18. The van der Waals surface area contributed by atoms with Gasteiger partial charge >= 0.3 is 0 Å². The van der Waals surface area contributed by atoms with Gasteiger partial charge in [-0.15, -0.1) is 0 Å². The van der Waals surface area contributed by atoms with E-state index in [1.54, 1.807) is 6.07 Å². The topological polar surface area (TPSA) is 21.3 Å². The van der Waals surface area contributed by atoms with Crippen molar-refractivity contribution < 1.29 is 9.13 Å². The van der Waals surface area contributed by atoms with Crippen LogP contribution in [0.25, 0.3) is 0 Å². The van der Waals surface area contributed by atoms with Gasteiger partial charge in [0.25, 0.3) is 0 Å². The Kier molecular flexibility index (Phi) is 2.91. The quantitative estimate of drug-likeness (QED) is 0.808. The first-order chi connectivity index (χ1) is 7.16. The number of halogens is 1. The first kappa shape index (κ1) is 10.4. The first-order valence-electron chi connectivity index (χ1n) is 5.31. The molecule has 0 bridgehead atoms. The van der Waals surface area contributed by atoms with Gasteiger partial charge < -0.3 is 10.1 Å². The van der Waals surface area contributed by atoms with Crippen molar-refractivity contribution in [3.05, 3.63) is 29.6 Å². The molecule has 1 aromatic carbocycles. The van der Waals surface area contributed by atoms with Crippen LogP contribution in [0.1, 0.15) is 18.9 Å². The lowest BCUT2D eigenvalue weighted by atomic mass is 10.1. The number of benzene rings is 1. The molecule has 0 aliphatic carbocycles. The number of hydrogen-bond acceptors (Lipinski definition) is 2. The minimum atomic E-state index is -0.195. The van der Waals surface area contributed by atoms with Crippen LogP contribution in [0.3, 0.4) is 0 Å². The summed E-state index contributed by atoms with van der Waals surface area (Å²) in [6.07, 6.45) is 1.10. The Labute approximate surface area is 89.4 Å². The zero-order valence-corrected chi connectivity index (χ0v) is 9.09. The molecule has 15 heavy (non-hydrogen) atoms. The third-order valence-electron chi connectivity index (χ3n) is 2.84. The molecule has 0 saturated carbocycles. The zero-order valence-electron chi connectivity index (χ0n) is 9.09. The minimum Gasteiger partial charge on any atom is -0.377 e. The van der Waals surface area contributed by atoms with Crippen LogP contribution in [0.15, 0.2) is 18.2 Å². The number of aryl methyl sites for hydroxylation is 1. The van der Waals surface area contributed by atoms with Crippen molar-refractivity contribution in [2.75, 3.05) is 11.9 Å². The van der Waals surface area contributed by atoms with E-state index in [0.717, 1.165) is 18.6 Å². The lowest BCUT2D eigenvalue weighted by Crippen LogP contribution is -2.27. The van der Waals surface area contributed by atoms with E-state index in [2.05, 4.69) is 5.32 Å². The molecule has 0 unspecified atom stereocenters. The molecule has 1 aromatic rings. The van der Waals surface area contributed by atoms with Gasteiger partial charge in [-0.3, -0.25) is 0 Å². The molecule has 1 saturated heterocycles. The van der Waals surface area contributed by atoms with Gasteiger partial charge in [-0.25, -0.2) is 4.39 Å². The SMILES string of the molecule is Cc1ccc(F)c(N[C@@H]2CCO[C@@H]2C)c1. The summed E-state index contributed by atoms with van der Waals surface area (Å²) >= 11 is 0. The van der Waals surface area contributed by atoms with Gasteiger partial charge in [0.2, 0.25) is 0 Å². The predicted octanol–water partition coefficient (Wildman–Crippen LogP) is 2.72. The van der Waals surface area contributed by atoms with Gasteiger partial charge in [0.1, 0.15) is 5.82 Å². The van der Waals surface area contributed by atoms with Crippen molar-refractivity contribution in [2.45, 2.75) is 32.4 Å². The third-order valence-corrected chi connectivity index (χ3v) is 2.84. The van der Waals surface area contributed by atoms with Gasteiger partial charge in [-0.1, -0.05) is 6.07 Å². The molecule has 1 heterocycles. The molecule has 0 amide bonds. The van der Waals surface area contributed by atoms with Crippen LogP contribution in [0.4, 0.5) is 10.1 Å². The fourth-order valence-electron chi connectivity index (χ4n) is 1.87. The van der Waals surface area contributed by atoms with Crippen LogP contribution >= 0.6 is 0 Å². The second kappa shape index (κ2) is 4.19. The van der Waals surface area contributed by atoms with E-state index < -0.39 is 0 Å². The Balaban J connectivity index is 2.12. The van der Waals surface area contributed by atoms with Crippen LogP contribution in [0.5, 0.6) is 0 Å². The van der Waals surface area contributed by atoms with Gasteiger partial charge in [-0.2, -0.15) is 0 Å². The fraction of sp³-hybridized carbons (Fsp3) is 0.500. The van der Waals surface area contributed by atoms with Crippen molar-refractivity contribution in [3.8, 4) is 0 Å². The number of hydrogen-bond donors (Lipinski definition) is 1. The number of rotatable bonds is 2. The van der Waals surface area contributed by atoms with Gasteiger partial charge in [0.05, 0.1) is 17.8 Å². The maximum Gasteiger partial charge on any atom is 0.146 e. The normalized spacial score (nSPS) is 25.5. The van der Waals surface area contributed by atoms with E-state index in [0.29, 0.717) is 5.69 Å². The lowest BCUT2D eigenvalue weighted by molar-refractivity contribution is 0.121. The highest BCUT2D eigenvalue weighted by atomic mass is 19.1. The van der Waals surface area contributed by atoms with Crippen molar-refractivity contribution in [3.63, 3.8) is 0 Å². The minimum absolute atomic E-state index is 0.157. The van der Waals surface area contributed by atoms with Crippen molar-refractivity contribution in [2.24, 2.45) is 0 Å². The third kappa shape index (κ3) is 2.29. The van der Waals surface area contributed by atoms with Gasteiger partial charge in [0, 0.05) is 6.61 Å². The molecule has 1 aliphatic rings. The summed E-state index contributed by atoms with van der Waals surface area (Å²) in [5.41, 5.74) is 1.64. The summed E-state index contributed by atoms with van der Waals surface area (Å²) in [4.78, 5) is 0. The number of nitrogens with one attached hydrogen (secondary N) is 1. The maximum atomic E-state index is 13.4. The molecule has 2 rings (SSSR count). The maximum absolute atomic E-state index is 13.4. The Morgan fingerprint density at radius 1 is 1.47 bits per heavy atom. The largest absolute Gasteiger partial charge is 0.377 e. The van der Waals surface area contributed by atoms with Crippen molar-refractivity contribution in [1.82, 2.24) is 0 Å². The second-order valence-corrected chi connectivity index (χ2v) is 4.10. The summed E-state index contributed by atoms with van der Waals surface area (Å²) in [5.74, 6) is -0.195. The Hall–Kier alpha value is -1.09. The molecule has 82 valence electrons. The molecule has 0 radical (unpaired) electrons. The summed E-state index contributed by atoms with van der Waals surface area (Å²) in [6, 6.07) is 5.33. The Morgan fingerprint density at radius 2 is 2.27 bits per heavy atom. The average molecular weight is 209 g/mol. The fourth-order valence-corrected chi connectivity index (χ4v) is 1.87. The van der Waals surface area contributed by atoms with Crippen LogP contribution in [-0.4, -0.2) is 18.8 Å². The highest BCUT2D eigenvalue weighted by molar-refractivity contribution is 5.48. The van der Waals surface area contributed by atoms with E-state index in [-0.39, 0.29) is 18.0 Å². The van der Waals surface area contributed by atoms with E-state index in [1.807, 2.05) is 19.9 Å². The number of anilines is 1. The molecule has 0 aromatic heterocycles. The second-order valence-electron chi connectivity index (χ2n) is 4.10. The molecular formula is C12H16FNO. The van der Waals surface area contributed by atoms with Crippen molar-refractivity contribution in [1.29, 1.82) is 0 Å². The van der Waals surface area contributed by atoms with Crippen LogP contribution < -0.4 is 5.32 Å². The van der Waals surface area contributed by atoms with Crippen LogP contribution in [0, 0.1) is 12.7 Å². The van der Waals surface area contributed by atoms with Gasteiger partial charge in [0.15, 0.2) is 0 Å². The Bertz CT molecular complexity index is 353. The Morgan fingerprint density at radius 3 is 2.93 bits per heavy atom. The standard InChI is InChI=1S/C12H16FNO/c1-8-3-4-10(13)12(7-8)14-11-5-6-15-9(11)2/h3-4,7,9,11,14H,5-6H2,1-2H3/t9-,11-/m1/s1. The molecule has 0 spiro atoms. The first-order valence-corrected chi connectivity index (χ1v) is 5.31. The highest BCUT2D eigenvalue weighted by Gasteiger charge is 2.24. The van der Waals surface area contributed by atoms with Crippen molar-refractivity contribution >= 4 is 5.69 Å². The smallest absolute Gasteiger partial charge is 0.146 e. The monoisotopic (exact) mass is 209 g/mol. The van der Waals surface area contributed by atoms with Crippen LogP contribution in [-0.2, 0) is 4.74 Å². The molecule has 1 N–H and O–H groups in total. The molecule has 1 aliphatic heterocycles. The van der Waals surface area contributed by atoms with E-state index in [4.69, 9.17) is 4.74 Å². The van der Waals surface area contributed by atoms with Gasteiger partial charge in [-0.05, 0) is 38.0 Å². The van der Waals surface area contributed by atoms with E-state index >= 15 is 0 Å². The average Bonchev–Trinajstić information content (AvgIpc) is 2.58. The van der Waals surface area contributed by atoms with E-state index in [1.165, 1.54) is 6.07 Å². The highest BCUT2D eigenvalue weighted by Crippen LogP contribution is 2.22. The molecule has 3 heteroatoms. The summed E-state index contributed by atoms with van der Waals surface area (Å²) in [7, 11) is 0. The summed E-state index contributed by atoms with van der Waals surface area (Å²) in [6.45, 7) is 4.73. The molecule has 2 nitrogen and oxygen atoms in total. The van der Waals surface area contributed by atoms with Crippen LogP contribution in [0.2, 0.25) is 0 Å². The van der Waals surface area contributed by atoms with E-state index in [9.17, 15) is 4.39 Å². The predicted molar refractivity (Wildman–Crippen MR) is 58.6 cm³/mol.